The van der Waals surface area contributed by atoms with Gasteiger partial charge in [0.2, 0.25) is 15.9 Å². The Kier molecular flexibility index (Phi) is 6.55. The van der Waals surface area contributed by atoms with E-state index >= 15 is 0 Å². The van der Waals surface area contributed by atoms with Crippen LogP contribution in [0.25, 0.3) is 0 Å². The molecule has 25 heavy (non-hydrogen) atoms. The molecule has 1 aromatic carbocycles. The highest BCUT2D eigenvalue weighted by Crippen LogP contribution is 2.24. The summed E-state index contributed by atoms with van der Waals surface area (Å²) in [4.78, 5) is 22.9. The Labute approximate surface area is 148 Å². The quantitative estimate of drug-likeness (QED) is 0.766. The van der Waals surface area contributed by atoms with Crippen molar-refractivity contribution in [1.82, 2.24) is 9.62 Å². The number of rotatable bonds is 6. The van der Waals surface area contributed by atoms with Crippen LogP contribution < -0.4 is 5.32 Å². The van der Waals surface area contributed by atoms with Crippen LogP contribution in [0.4, 0.5) is 0 Å². The smallest absolute Gasteiger partial charge is 0.338 e. The first-order chi connectivity index (χ1) is 11.8. The summed E-state index contributed by atoms with van der Waals surface area (Å²) in [5, 5.41) is 2.77. The lowest BCUT2D eigenvalue weighted by atomic mass is 9.98. The topological polar surface area (TPSA) is 92.8 Å². The molecular weight excluding hydrogens is 344 g/mol. The van der Waals surface area contributed by atoms with Crippen LogP contribution in [0, 0.1) is 5.92 Å². The molecule has 0 atom stereocenters. The molecule has 7 nitrogen and oxygen atoms in total. The van der Waals surface area contributed by atoms with Gasteiger partial charge in [0.15, 0.2) is 0 Å². The second-order valence-corrected chi connectivity index (χ2v) is 7.97. The maximum absolute atomic E-state index is 12.8. The molecule has 0 aliphatic carbocycles. The highest BCUT2D eigenvalue weighted by atomic mass is 32.2. The largest absolute Gasteiger partial charge is 0.462 e. The number of ether oxygens (including phenoxy) is 1. The van der Waals surface area contributed by atoms with Gasteiger partial charge < -0.3 is 10.1 Å². The summed E-state index contributed by atoms with van der Waals surface area (Å²) >= 11 is 0. The summed E-state index contributed by atoms with van der Waals surface area (Å²) < 4.78 is 31.9. The summed E-state index contributed by atoms with van der Waals surface area (Å²) in [6.45, 7) is 4.77. The molecule has 2 rings (SSSR count). The first-order valence-corrected chi connectivity index (χ1v) is 9.80. The maximum atomic E-state index is 12.8. The zero-order valence-electron chi connectivity index (χ0n) is 14.5. The van der Waals surface area contributed by atoms with Gasteiger partial charge in [0.25, 0.3) is 0 Å². The molecule has 1 fully saturated rings. The summed E-state index contributed by atoms with van der Waals surface area (Å²) in [6.07, 6.45) is 1.38. The normalized spacial score (nSPS) is 16.4. The van der Waals surface area contributed by atoms with Gasteiger partial charge in [-0.1, -0.05) is 6.07 Å². The third-order valence-corrected chi connectivity index (χ3v) is 6.09. The maximum Gasteiger partial charge on any atom is 0.338 e. The van der Waals surface area contributed by atoms with E-state index in [2.05, 4.69) is 5.32 Å². The van der Waals surface area contributed by atoms with Crippen molar-refractivity contribution < 1.29 is 22.7 Å². The highest BCUT2D eigenvalue weighted by molar-refractivity contribution is 7.89. The number of hydrogen-bond donors (Lipinski definition) is 1. The number of amides is 1. The third-order valence-electron chi connectivity index (χ3n) is 4.20. The number of esters is 1. The van der Waals surface area contributed by atoms with Crippen molar-refractivity contribution in [3.63, 3.8) is 0 Å². The fourth-order valence-electron chi connectivity index (χ4n) is 2.79. The lowest BCUT2D eigenvalue weighted by Gasteiger charge is -2.31. The van der Waals surface area contributed by atoms with Crippen molar-refractivity contribution in [3.05, 3.63) is 29.8 Å². The number of nitrogens with one attached hydrogen (secondary N) is 1. The highest BCUT2D eigenvalue weighted by Gasteiger charge is 2.29. The van der Waals surface area contributed by atoms with E-state index in [1.807, 2.05) is 0 Å². The molecule has 0 spiro atoms. The van der Waals surface area contributed by atoms with Crippen LogP contribution in [0.15, 0.2) is 29.2 Å². The first-order valence-electron chi connectivity index (χ1n) is 8.36. The van der Waals surface area contributed by atoms with Crippen molar-refractivity contribution in [1.29, 1.82) is 0 Å². The van der Waals surface area contributed by atoms with Crippen molar-refractivity contribution in [3.8, 4) is 0 Å². The molecule has 1 saturated heterocycles. The Morgan fingerprint density at radius 3 is 2.56 bits per heavy atom. The molecule has 0 unspecified atom stereocenters. The number of nitrogens with zero attached hydrogens (tertiary/aromatic N) is 1. The zero-order valence-corrected chi connectivity index (χ0v) is 15.3. The fraction of sp³-hybridized carbons (Fsp3) is 0.529. The van der Waals surface area contributed by atoms with Crippen molar-refractivity contribution >= 4 is 21.9 Å². The van der Waals surface area contributed by atoms with E-state index in [-0.39, 0.29) is 28.9 Å². The minimum absolute atomic E-state index is 0.0779. The standard InChI is InChI=1S/C17H24N2O5S/c1-3-24-17(21)15-5-4-6-16(11-15)25(22,23)19-9-7-14(8-10-19)12-18-13(2)20/h4-6,11,14H,3,7-10,12H2,1-2H3,(H,18,20). The Bertz CT molecular complexity index is 724. The van der Waals surface area contributed by atoms with Gasteiger partial charge in [0.05, 0.1) is 17.1 Å². The van der Waals surface area contributed by atoms with Crippen LogP contribution in [-0.4, -0.2) is 50.8 Å². The van der Waals surface area contributed by atoms with Crippen molar-refractivity contribution in [2.45, 2.75) is 31.6 Å². The Hall–Kier alpha value is -1.93. The van der Waals surface area contributed by atoms with Gasteiger partial charge >= 0.3 is 5.97 Å². The van der Waals surface area contributed by atoms with Crippen LogP contribution in [-0.2, 0) is 19.6 Å². The Morgan fingerprint density at radius 2 is 1.96 bits per heavy atom. The molecule has 1 heterocycles. The summed E-state index contributed by atoms with van der Waals surface area (Å²) in [7, 11) is -3.65. The molecular formula is C17H24N2O5S. The average molecular weight is 368 g/mol. The van der Waals surface area contributed by atoms with Crippen LogP contribution >= 0.6 is 0 Å². The van der Waals surface area contributed by atoms with Gasteiger partial charge in [-0.05, 0) is 43.9 Å². The minimum atomic E-state index is -3.65. The molecule has 1 aromatic rings. The van der Waals surface area contributed by atoms with Crippen molar-refractivity contribution in [2.24, 2.45) is 5.92 Å². The average Bonchev–Trinajstić information content (AvgIpc) is 2.60. The van der Waals surface area contributed by atoms with E-state index in [9.17, 15) is 18.0 Å². The molecule has 0 radical (unpaired) electrons. The lowest BCUT2D eigenvalue weighted by Crippen LogP contribution is -2.41. The summed E-state index contributed by atoms with van der Waals surface area (Å²) in [5.41, 5.74) is 0.225. The van der Waals surface area contributed by atoms with Gasteiger partial charge in [-0.2, -0.15) is 4.31 Å². The van der Waals surface area contributed by atoms with Crippen LogP contribution in [0.3, 0.4) is 0 Å². The summed E-state index contributed by atoms with van der Waals surface area (Å²) in [5.74, 6) is -0.333. The van der Waals surface area contributed by atoms with Crippen LogP contribution in [0.1, 0.15) is 37.0 Å². The van der Waals surface area contributed by atoms with E-state index in [4.69, 9.17) is 4.74 Å². The Balaban J connectivity index is 2.06. The van der Waals surface area contributed by atoms with Gasteiger partial charge in [-0.25, -0.2) is 13.2 Å². The second-order valence-electron chi connectivity index (χ2n) is 6.03. The first kappa shape index (κ1) is 19.4. The number of carbonyl (C=O) groups is 2. The van der Waals surface area contributed by atoms with Gasteiger partial charge in [-0.15, -0.1) is 0 Å². The van der Waals surface area contributed by atoms with E-state index in [1.54, 1.807) is 13.0 Å². The van der Waals surface area contributed by atoms with Gasteiger partial charge in [0, 0.05) is 26.6 Å². The number of carbonyl (C=O) groups excluding carboxylic acids is 2. The molecule has 0 saturated carbocycles. The van der Waals surface area contributed by atoms with Gasteiger partial charge in [0.1, 0.15) is 0 Å². The number of benzene rings is 1. The van der Waals surface area contributed by atoms with E-state index in [1.165, 1.54) is 29.4 Å². The minimum Gasteiger partial charge on any atom is -0.462 e. The van der Waals surface area contributed by atoms with E-state index in [0.29, 0.717) is 32.5 Å². The lowest BCUT2D eigenvalue weighted by molar-refractivity contribution is -0.119. The van der Waals surface area contributed by atoms with Crippen LogP contribution in [0.5, 0.6) is 0 Å². The molecule has 1 amide bonds. The molecule has 1 N–H and O–H groups in total. The zero-order chi connectivity index (χ0) is 18.4. The SMILES string of the molecule is CCOC(=O)c1cccc(S(=O)(=O)N2CCC(CNC(C)=O)CC2)c1. The second kappa shape index (κ2) is 8.44. The Morgan fingerprint density at radius 1 is 1.28 bits per heavy atom. The number of piperidine rings is 1. The van der Waals surface area contributed by atoms with Crippen LogP contribution in [0.2, 0.25) is 0 Å². The summed E-state index contributed by atoms with van der Waals surface area (Å²) in [6, 6.07) is 5.93. The molecule has 8 heteroatoms. The molecule has 0 aromatic heterocycles. The van der Waals surface area contributed by atoms with Crippen molar-refractivity contribution in [2.75, 3.05) is 26.2 Å². The molecule has 0 bridgehead atoms. The molecule has 138 valence electrons. The van der Waals surface area contributed by atoms with Gasteiger partial charge in [-0.3, -0.25) is 4.79 Å². The van der Waals surface area contributed by atoms with E-state index < -0.39 is 16.0 Å². The third kappa shape index (κ3) is 5.02. The number of sulfonamides is 1. The number of hydrogen-bond acceptors (Lipinski definition) is 5. The predicted molar refractivity (Wildman–Crippen MR) is 92.6 cm³/mol. The monoisotopic (exact) mass is 368 g/mol. The fourth-order valence-corrected chi connectivity index (χ4v) is 4.30. The molecule has 1 aliphatic rings. The molecule has 1 aliphatic heterocycles. The van der Waals surface area contributed by atoms with E-state index in [0.717, 1.165) is 0 Å². The predicted octanol–water partition coefficient (Wildman–Crippen LogP) is 1.40.